The van der Waals surface area contributed by atoms with Gasteiger partial charge < -0.3 is 60.0 Å². The average Bonchev–Trinajstić information content (AvgIpc) is 1.37. The van der Waals surface area contributed by atoms with Crippen molar-refractivity contribution in [2.24, 2.45) is 23.7 Å². The van der Waals surface area contributed by atoms with Crippen LogP contribution < -0.4 is 16.0 Å². The molecule has 3 heterocycles. The number of carbonyl (C=O) groups is 12. The maximum absolute atomic E-state index is 15.5. The van der Waals surface area contributed by atoms with Gasteiger partial charge in [0, 0.05) is 69.0 Å². The molecule has 1 aromatic carbocycles. The number of hydrogen-bond donors (Lipinski definition) is 3. The highest BCUT2D eigenvalue weighted by Crippen LogP contribution is 2.38. The van der Waals surface area contributed by atoms with Crippen molar-refractivity contribution >= 4 is 82.5 Å². The van der Waals surface area contributed by atoms with E-state index in [2.05, 4.69) is 16.0 Å². The van der Waals surface area contributed by atoms with Crippen LogP contribution in [0.1, 0.15) is 187 Å². The Bertz CT molecular complexity index is 3120. The molecule has 0 unspecified atom stereocenters. The van der Waals surface area contributed by atoms with Gasteiger partial charge in [-0.25, -0.2) is 0 Å². The third kappa shape index (κ3) is 20.0. The second-order valence-electron chi connectivity index (χ2n) is 29.8. The minimum Gasteiger partial charge on any atom is -0.343 e. The summed E-state index contributed by atoms with van der Waals surface area (Å²) < 4.78 is 41.6. The lowest BCUT2D eigenvalue weighted by Crippen LogP contribution is -2.65. The van der Waals surface area contributed by atoms with Crippen LogP contribution in [0, 0.1) is 23.7 Å². The molecule has 12 amide bonds. The maximum Gasteiger partial charge on any atom is 0.417 e. The highest BCUT2D eigenvalue weighted by molar-refractivity contribution is 6.31. The lowest BCUT2D eigenvalue weighted by atomic mass is 9.84. The molecule has 3 saturated heterocycles. The van der Waals surface area contributed by atoms with Gasteiger partial charge >= 0.3 is 6.18 Å². The fourth-order valence-electron chi connectivity index (χ4n) is 15.7. The summed E-state index contributed by atoms with van der Waals surface area (Å²) in [6.45, 7) is 6.22. The minimum absolute atomic E-state index is 0.0206. The summed E-state index contributed by atoms with van der Waals surface area (Å²) in [6.07, 6.45) is 7.08. The Kier molecular flexibility index (Phi) is 28.7. The maximum atomic E-state index is 15.5. The zero-order chi connectivity index (χ0) is 73.7. The molecule has 1 aromatic rings. The Hall–Kier alpha value is -7.06. The van der Waals surface area contributed by atoms with Crippen molar-refractivity contribution in [2.75, 3.05) is 88.6 Å². The number of benzene rings is 1. The van der Waals surface area contributed by atoms with Gasteiger partial charge in [0.15, 0.2) is 0 Å². The smallest absolute Gasteiger partial charge is 0.343 e. The molecule has 558 valence electrons. The molecule has 3 aliphatic carbocycles. The molecule has 7 rings (SSSR count). The normalized spacial score (nSPS) is 26.8. The summed E-state index contributed by atoms with van der Waals surface area (Å²) in [7, 11) is 9.97. The minimum atomic E-state index is -4.76. The third-order valence-electron chi connectivity index (χ3n) is 22.2. The number of aryl methyl sites for hydroxylation is 1. The molecule has 6 fully saturated rings. The van der Waals surface area contributed by atoms with Gasteiger partial charge in [-0.15, -0.1) is 0 Å². The first-order valence-electron chi connectivity index (χ1n) is 36.4. The van der Waals surface area contributed by atoms with Crippen molar-refractivity contribution in [2.45, 2.75) is 236 Å². The quantitative estimate of drug-likeness (QED) is 0.229. The van der Waals surface area contributed by atoms with E-state index in [4.69, 9.17) is 11.6 Å². The molecule has 3 N–H and O–H groups in total. The highest BCUT2D eigenvalue weighted by atomic mass is 35.5. The van der Waals surface area contributed by atoms with E-state index in [0.717, 1.165) is 86.1 Å². The van der Waals surface area contributed by atoms with E-state index >= 15 is 33.6 Å². The van der Waals surface area contributed by atoms with Crippen LogP contribution in [0.25, 0.3) is 0 Å². The van der Waals surface area contributed by atoms with Crippen LogP contribution >= 0.6 is 11.6 Å². The number of halogens is 4. The van der Waals surface area contributed by atoms with Crippen LogP contribution in [-0.4, -0.2) is 251 Å². The summed E-state index contributed by atoms with van der Waals surface area (Å²) in [4.78, 5) is 190. The molecule has 3 aliphatic heterocycles. The second-order valence-corrected chi connectivity index (χ2v) is 30.2. The van der Waals surface area contributed by atoms with E-state index in [1.807, 2.05) is 6.92 Å². The molecule has 0 aromatic heterocycles. The molecule has 8 atom stereocenters. The van der Waals surface area contributed by atoms with Crippen LogP contribution in [0.3, 0.4) is 0 Å². The Morgan fingerprint density at radius 1 is 0.600 bits per heavy atom. The fraction of sp³-hybridized carbons (Fsp3) is 0.750. The number of likely N-dealkylation sites (N-methyl/N-ethyl adjacent to an activating group) is 7. The lowest BCUT2D eigenvalue weighted by Gasteiger charge is -2.42. The van der Waals surface area contributed by atoms with E-state index in [9.17, 15) is 37.1 Å². The van der Waals surface area contributed by atoms with E-state index in [0.29, 0.717) is 57.2 Å². The number of rotatable bonds is 11. The van der Waals surface area contributed by atoms with Gasteiger partial charge in [-0.05, 0) is 112 Å². The van der Waals surface area contributed by atoms with Gasteiger partial charge in [-0.1, -0.05) is 122 Å². The number of carbonyl (C=O) groups excluding carboxylic acids is 12. The molecule has 0 bridgehead atoms. The van der Waals surface area contributed by atoms with Crippen LogP contribution in [0.15, 0.2) is 18.2 Å². The number of nitrogens with one attached hydrogen (secondary N) is 3. The number of nitrogens with zero attached hydrogens (tertiary/aromatic N) is 9. The molecular weight excluding hydrogens is 1320 g/mol. The molecular formula is C72H110ClF3N12O12. The number of hydrogen-bond acceptors (Lipinski definition) is 12. The Balaban J connectivity index is 1.27. The number of piperidine rings is 1. The Labute approximate surface area is 593 Å². The van der Waals surface area contributed by atoms with E-state index in [1.165, 1.54) is 84.8 Å². The SMILES string of the molecule is CC[C@H](C)[C@@H]1NC(=O)[C@H](CC2CCCC2)N(C)C(=O)C[C@@H](C(=O)N2CCCCC2)N(C)C(=O)[C@H](C(C)C)N(C)C(=O)C2(CCCC2)NC(=O)[C@@H]2CCCN2C(=O)[C@H](CCc2ccc(C(F)(F)F)c(Cl)c2)NC(=O)CN(C)C(=O)[C@H](CC2CCCCC2)N(C)C(=O)CN(C)C(=O)CN(C)C1=O. The summed E-state index contributed by atoms with van der Waals surface area (Å²) in [6, 6.07) is -5.56. The van der Waals surface area contributed by atoms with Crippen molar-refractivity contribution in [3.8, 4) is 0 Å². The average molecular weight is 1430 g/mol. The number of likely N-dealkylation sites (tertiary alicyclic amines) is 1. The number of alkyl halides is 3. The van der Waals surface area contributed by atoms with Gasteiger partial charge in [0.2, 0.25) is 70.9 Å². The molecule has 3 saturated carbocycles. The van der Waals surface area contributed by atoms with Gasteiger partial charge in [-0.3, -0.25) is 57.5 Å². The second kappa shape index (κ2) is 35.7. The fourth-order valence-corrected chi connectivity index (χ4v) is 16.0. The topological polar surface area (TPSA) is 270 Å². The first-order valence-corrected chi connectivity index (χ1v) is 36.7. The zero-order valence-electron chi connectivity index (χ0n) is 60.7. The van der Waals surface area contributed by atoms with Crippen LogP contribution in [-0.2, 0) is 70.1 Å². The van der Waals surface area contributed by atoms with Gasteiger partial charge in [0.1, 0.15) is 47.8 Å². The first kappa shape index (κ1) is 80.3. The molecule has 100 heavy (non-hydrogen) atoms. The van der Waals surface area contributed by atoms with Crippen molar-refractivity contribution in [3.05, 3.63) is 34.3 Å². The number of fused-ring (bicyclic) bond motifs is 1. The van der Waals surface area contributed by atoms with Crippen LogP contribution in [0.4, 0.5) is 13.2 Å². The Morgan fingerprint density at radius 2 is 1.17 bits per heavy atom. The predicted molar refractivity (Wildman–Crippen MR) is 369 cm³/mol. The van der Waals surface area contributed by atoms with Crippen molar-refractivity contribution in [1.29, 1.82) is 0 Å². The van der Waals surface area contributed by atoms with Crippen LogP contribution in [0.2, 0.25) is 5.02 Å². The highest BCUT2D eigenvalue weighted by Gasteiger charge is 2.51. The monoisotopic (exact) mass is 1430 g/mol. The largest absolute Gasteiger partial charge is 0.417 e. The predicted octanol–water partition coefficient (Wildman–Crippen LogP) is 6.03. The van der Waals surface area contributed by atoms with Crippen LogP contribution in [0.5, 0.6) is 0 Å². The van der Waals surface area contributed by atoms with Crippen molar-refractivity contribution in [3.63, 3.8) is 0 Å². The molecule has 24 nitrogen and oxygen atoms in total. The summed E-state index contributed by atoms with van der Waals surface area (Å²) in [5, 5.41) is 8.18. The van der Waals surface area contributed by atoms with Gasteiger partial charge in [0.05, 0.1) is 36.6 Å². The van der Waals surface area contributed by atoms with E-state index in [-0.39, 0.29) is 63.3 Å². The first-order chi connectivity index (χ1) is 47.2. The number of amides is 12. The van der Waals surface area contributed by atoms with Crippen molar-refractivity contribution < 1.29 is 70.7 Å². The Morgan fingerprint density at radius 3 is 1.76 bits per heavy atom. The van der Waals surface area contributed by atoms with Gasteiger partial charge in [0.25, 0.3) is 0 Å². The molecule has 6 aliphatic rings. The van der Waals surface area contributed by atoms with E-state index < -0.39 is 173 Å². The van der Waals surface area contributed by atoms with E-state index in [1.54, 1.807) is 25.7 Å². The molecule has 1 spiro atoms. The molecule has 0 radical (unpaired) electrons. The lowest BCUT2D eigenvalue weighted by molar-refractivity contribution is -0.156. The van der Waals surface area contributed by atoms with Gasteiger partial charge in [-0.2, -0.15) is 13.2 Å². The molecule has 28 heteroatoms. The summed E-state index contributed by atoms with van der Waals surface area (Å²) in [5.41, 5.74) is -2.35. The summed E-state index contributed by atoms with van der Waals surface area (Å²) >= 11 is 6.15. The third-order valence-corrected chi connectivity index (χ3v) is 22.5. The van der Waals surface area contributed by atoms with Crippen molar-refractivity contribution in [1.82, 2.24) is 60.0 Å². The summed E-state index contributed by atoms with van der Waals surface area (Å²) in [5.74, 6) is -8.74. The standard InChI is InChI=1S/C72H110ClF3N12O12/c1-12-46(4)61-68(98)82(7)43-59(91)80(5)44-60(92)84(9)55(40-48-24-15-13-16-25-48)66(96)81(6)42-57(89)77-52(32-30-49-29-31-50(51(73)38-49)72(74,75)76)65(95)88-37-23-28-53(88)64(94)79-71(33-19-20-34-71)70(100)86(11)62(45(2)3)69(99)85(10)56(67(97)87-35-21-14-22-36-87)41-58(90)83(8)54(63(93)78-61)39-47-26-17-18-27-47/h29,31,38,45-48,52-56,61-62H,12-28,30,32-37,39-44H2,1-11H3,(H,77,89)(H,78,93)(H,79,94)/t46-,52-,53-,54-,55-,56-,61-,62-/m0/s1. The zero-order valence-corrected chi connectivity index (χ0v) is 61.5.